The summed E-state index contributed by atoms with van der Waals surface area (Å²) < 4.78 is 7.42. The lowest BCUT2D eigenvalue weighted by Gasteiger charge is -2.09. The Morgan fingerprint density at radius 3 is 2.95 bits per heavy atom. The molecule has 3 aromatic rings. The molecule has 20 heavy (non-hydrogen) atoms. The van der Waals surface area contributed by atoms with Crippen LogP contribution in [0, 0.1) is 0 Å². The van der Waals surface area contributed by atoms with E-state index in [0.717, 1.165) is 22.0 Å². The summed E-state index contributed by atoms with van der Waals surface area (Å²) in [5.74, 6) is 0.646. The van der Waals surface area contributed by atoms with E-state index in [4.69, 9.17) is 4.74 Å². The zero-order valence-electron chi connectivity index (χ0n) is 11.3. The van der Waals surface area contributed by atoms with E-state index in [2.05, 4.69) is 15.6 Å². The van der Waals surface area contributed by atoms with Crippen LogP contribution in [-0.2, 0) is 13.2 Å². The number of fused-ring (bicyclic) bond motifs is 1. The number of pyridine rings is 1. The van der Waals surface area contributed by atoms with Crippen LogP contribution in [-0.4, -0.2) is 21.8 Å². The molecule has 4 heteroatoms. The Morgan fingerprint density at radius 2 is 2.15 bits per heavy atom. The summed E-state index contributed by atoms with van der Waals surface area (Å²) in [5.41, 5.74) is 3.04. The fraction of sp³-hybridized carbons (Fsp3) is 0.188. The second kappa shape index (κ2) is 5.35. The number of rotatable bonds is 4. The minimum atomic E-state index is 0.0529. The highest BCUT2D eigenvalue weighted by molar-refractivity contribution is 5.81. The monoisotopic (exact) mass is 268 g/mol. The molecule has 4 nitrogen and oxygen atoms in total. The third kappa shape index (κ3) is 2.26. The highest BCUT2D eigenvalue weighted by Gasteiger charge is 2.07. The summed E-state index contributed by atoms with van der Waals surface area (Å²) in [6.07, 6.45) is 3.76. The van der Waals surface area contributed by atoms with Crippen molar-refractivity contribution in [2.75, 3.05) is 7.11 Å². The van der Waals surface area contributed by atoms with E-state index in [1.165, 1.54) is 0 Å². The predicted octanol–water partition coefficient (Wildman–Crippen LogP) is 2.59. The quantitative estimate of drug-likeness (QED) is 0.791. The first-order valence-corrected chi connectivity index (χ1v) is 6.48. The number of aromatic nitrogens is 2. The van der Waals surface area contributed by atoms with E-state index in [1.807, 2.05) is 36.5 Å². The zero-order valence-corrected chi connectivity index (χ0v) is 11.3. The number of nitrogens with zero attached hydrogens (tertiary/aromatic N) is 2. The Balaban J connectivity index is 2.02. The molecule has 0 fully saturated rings. The third-order valence-corrected chi connectivity index (χ3v) is 3.40. The van der Waals surface area contributed by atoms with E-state index in [9.17, 15) is 5.11 Å². The lowest BCUT2D eigenvalue weighted by atomic mass is 10.2. The molecule has 2 heterocycles. The molecule has 0 unspecified atom stereocenters. The third-order valence-electron chi connectivity index (χ3n) is 3.40. The number of aliphatic hydroxyl groups excluding tert-OH is 1. The molecule has 1 aromatic carbocycles. The molecule has 2 aromatic heterocycles. The van der Waals surface area contributed by atoms with Crippen molar-refractivity contribution < 1.29 is 9.84 Å². The van der Waals surface area contributed by atoms with Crippen LogP contribution >= 0.6 is 0 Å². The number of aliphatic hydroxyl groups is 1. The maximum atomic E-state index is 9.26. The largest absolute Gasteiger partial charge is 0.481 e. The minimum absolute atomic E-state index is 0.0529. The number of ether oxygens (including phenoxy) is 1. The lowest BCUT2D eigenvalue weighted by Crippen LogP contribution is -2.02. The van der Waals surface area contributed by atoms with Gasteiger partial charge in [-0.2, -0.15) is 0 Å². The van der Waals surface area contributed by atoms with Crippen LogP contribution in [0.3, 0.4) is 0 Å². The molecule has 102 valence electrons. The van der Waals surface area contributed by atoms with Gasteiger partial charge in [0.1, 0.15) is 0 Å². The van der Waals surface area contributed by atoms with Crippen molar-refractivity contribution in [1.29, 1.82) is 0 Å². The van der Waals surface area contributed by atoms with Crippen LogP contribution < -0.4 is 4.74 Å². The Hall–Kier alpha value is -2.33. The predicted molar refractivity (Wildman–Crippen MR) is 77.8 cm³/mol. The average Bonchev–Trinajstić information content (AvgIpc) is 2.90. The summed E-state index contributed by atoms with van der Waals surface area (Å²) in [7, 11) is 1.63. The van der Waals surface area contributed by atoms with Crippen molar-refractivity contribution in [1.82, 2.24) is 9.55 Å². The van der Waals surface area contributed by atoms with Gasteiger partial charge in [-0.3, -0.25) is 0 Å². The van der Waals surface area contributed by atoms with Gasteiger partial charge in [0.05, 0.1) is 20.3 Å². The molecule has 0 saturated carbocycles. The SMILES string of the molecule is COc1ncccc1Cn1ccc2ccc(CO)cc21. The molecule has 0 amide bonds. The first kappa shape index (κ1) is 12.7. The van der Waals surface area contributed by atoms with Crippen molar-refractivity contribution in [2.24, 2.45) is 0 Å². The molecule has 0 saturated heterocycles. The van der Waals surface area contributed by atoms with E-state index in [-0.39, 0.29) is 6.61 Å². The highest BCUT2D eigenvalue weighted by Crippen LogP contribution is 2.21. The molecular weight excluding hydrogens is 252 g/mol. The Kier molecular flexibility index (Phi) is 3.39. The van der Waals surface area contributed by atoms with Crippen molar-refractivity contribution in [2.45, 2.75) is 13.2 Å². The van der Waals surface area contributed by atoms with Gasteiger partial charge in [0.2, 0.25) is 5.88 Å². The Morgan fingerprint density at radius 1 is 1.25 bits per heavy atom. The fourth-order valence-electron chi connectivity index (χ4n) is 2.38. The van der Waals surface area contributed by atoms with Crippen molar-refractivity contribution in [3.63, 3.8) is 0 Å². The van der Waals surface area contributed by atoms with Gasteiger partial charge in [-0.05, 0) is 29.1 Å². The molecule has 0 radical (unpaired) electrons. The van der Waals surface area contributed by atoms with Crippen molar-refractivity contribution >= 4 is 10.9 Å². The molecule has 0 bridgehead atoms. The topological polar surface area (TPSA) is 47.3 Å². The molecular formula is C16H16N2O2. The van der Waals surface area contributed by atoms with Crippen LogP contribution in [0.4, 0.5) is 0 Å². The highest BCUT2D eigenvalue weighted by atomic mass is 16.5. The van der Waals surface area contributed by atoms with Gasteiger partial charge in [0, 0.05) is 23.5 Å². The van der Waals surface area contributed by atoms with Crippen LogP contribution in [0.5, 0.6) is 5.88 Å². The summed E-state index contributed by atoms with van der Waals surface area (Å²) in [5, 5.41) is 10.4. The molecule has 0 atom stereocenters. The second-order valence-corrected chi connectivity index (χ2v) is 4.67. The van der Waals surface area contributed by atoms with Crippen molar-refractivity contribution in [3.8, 4) is 5.88 Å². The number of methoxy groups -OCH3 is 1. The Labute approximate surface area is 117 Å². The Bertz CT molecular complexity index is 734. The van der Waals surface area contributed by atoms with Gasteiger partial charge in [0.15, 0.2) is 0 Å². The van der Waals surface area contributed by atoms with Crippen molar-refractivity contribution in [3.05, 3.63) is 59.9 Å². The van der Waals surface area contributed by atoms with E-state index in [1.54, 1.807) is 13.3 Å². The molecule has 0 aliphatic heterocycles. The van der Waals surface area contributed by atoms with Gasteiger partial charge in [-0.15, -0.1) is 0 Å². The van der Waals surface area contributed by atoms with Gasteiger partial charge in [-0.25, -0.2) is 4.98 Å². The van der Waals surface area contributed by atoms with E-state index >= 15 is 0 Å². The molecule has 0 aliphatic rings. The van der Waals surface area contributed by atoms with Crippen LogP contribution in [0.2, 0.25) is 0 Å². The fourth-order valence-corrected chi connectivity index (χ4v) is 2.38. The summed E-state index contributed by atoms with van der Waals surface area (Å²) >= 11 is 0. The molecule has 1 N–H and O–H groups in total. The van der Waals surface area contributed by atoms with E-state index in [0.29, 0.717) is 12.4 Å². The summed E-state index contributed by atoms with van der Waals surface area (Å²) in [4.78, 5) is 4.22. The average molecular weight is 268 g/mol. The zero-order chi connectivity index (χ0) is 13.9. The second-order valence-electron chi connectivity index (χ2n) is 4.67. The first-order valence-electron chi connectivity index (χ1n) is 6.48. The number of hydrogen-bond donors (Lipinski definition) is 1. The maximum Gasteiger partial charge on any atom is 0.218 e. The van der Waals surface area contributed by atoms with Crippen LogP contribution in [0.1, 0.15) is 11.1 Å². The number of hydrogen-bond acceptors (Lipinski definition) is 3. The lowest BCUT2D eigenvalue weighted by molar-refractivity contribution is 0.282. The molecule has 0 aliphatic carbocycles. The van der Waals surface area contributed by atoms with E-state index < -0.39 is 0 Å². The van der Waals surface area contributed by atoms with Crippen LogP contribution in [0.25, 0.3) is 10.9 Å². The van der Waals surface area contributed by atoms with Gasteiger partial charge < -0.3 is 14.4 Å². The standard InChI is InChI=1S/C16H16N2O2/c1-20-16-14(3-2-7-17-16)10-18-8-6-13-5-4-12(11-19)9-15(13)18/h2-9,19H,10-11H2,1H3. The normalized spacial score (nSPS) is 10.9. The van der Waals surface area contributed by atoms with Crippen LogP contribution in [0.15, 0.2) is 48.8 Å². The summed E-state index contributed by atoms with van der Waals surface area (Å²) in [6, 6.07) is 12.0. The van der Waals surface area contributed by atoms with Gasteiger partial charge in [0.25, 0.3) is 0 Å². The van der Waals surface area contributed by atoms with Gasteiger partial charge >= 0.3 is 0 Å². The molecule has 0 spiro atoms. The number of benzene rings is 1. The maximum absolute atomic E-state index is 9.26. The minimum Gasteiger partial charge on any atom is -0.481 e. The van der Waals surface area contributed by atoms with Gasteiger partial charge in [-0.1, -0.05) is 18.2 Å². The first-order chi connectivity index (χ1) is 9.81. The summed E-state index contributed by atoms with van der Waals surface area (Å²) in [6.45, 7) is 0.743. The molecule has 3 rings (SSSR count). The smallest absolute Gasteiger partial charge is 0.218 e.